The lowest BCUT2D eigenvalue weighted by molar-refractivity contribution is -0.385. The highest BCUT2D eigenvalue weighted by Crippen LogP contribution is 2.29. The van der Waals surface area contributed by atoms with Crippen LogP contribution in [0, 0.1) is 16.0 Å². The second-order valence-corrected chi connectivity index (χ2v) is 5.84. The lowest BCUT2D eigenvalue weighted by atomic mass is 9.83. The fourth-order valence-electron chi connectivity index (χ4n) is 3.09. The van der Waals surface area contributed by atoms with Crippen molar-refractivity contribution in [2.24, 2.45) is 5.92 Å². The monoisotopic (exact) mass is 296 g/mol. The van der Waals surface area contributed by atoms with Crippen LogP contribution in [0.4, 0.5) is 5.69 Å². The van der Waals surface area contributed by atoms with E-state index in [1.165, 1.54) is 25.3 Å². The molecule has 2 unspecified atom stereocenters. The van der Waals surface area contributed by atoms with Crippen molar-refractivity contribution in [1.29, 1.82) is 0 Å². The number of hydrogen-bond donors (Lipinski definition) is 1. The zero-order chi connectivity index (χ0) is 14.5. The van der Waals surface area contributed by atoms with Crippen molar-refractivity contribution < 1.29 is 4.92 Å². The molecule has 1 aliphatic carbocycles. The van der Waals surface area contributed by atoms with E-state index in [9.17, 15) is 10.1 Å². The first kappa shape index (κ1) is 15.3. The molecule has 0 amide bonds. The summed E-state index contributed by atoms with van der Waals surface area (Å²) in [6, 6.07) is 5.30. The molecule has 0 aliphatic heterocycles. The van der Waals surface area contributed by atoms with E-state index in [2.05, 4.69) is 12.2 Å². The fourth-order valence-corrected chi connectivity index (χ4v) is 3.33. The van der Waals surface area contributed by atoms with Crippen LogP contribution in [-0.4, -0.2) is 11.0 Å². The van der Waals surface area contributed by atoms with Gasteiger partial charge < -0.3 is 5.32 Å². The van der Waals surface area contributed by atoms with E-state index in [4.69, 9.17) is 11.6 Å². The first-order valence-electron chi connectivity index (χ1n) is 7.28. The van der Waals surface area contributed by atoms with E-state index in [1.54, 1.807) is 12.1 Å². The minimum absolute atomic E-state index is 0.105. The Morgan fingerprint density at radius 2 is 2.15 bits per heavy atom. The van der Waals surface area contributed by atoms with Crippen LogP contribution in [0.15, 0.2) is 18.2 Å². The summed E-state index contributed by atoms with van der Waals surface area (Å²) in [6.45, 7) is 2.68. The Hall–Kier alpha value is -1.13. The number of rotatable bonds is 5. The number of nitrogens with one attached hydrogen (secondary N) is 1. The lowest BCUT2D eigenvalue weighted by Gasteiger charge is -2.31. The molecule has 1 fully saturated rings. The normalized spacial score (nSPS) is 22.7. The molecule has 0 radical (unpaired) electrons. The third-order valence-corrected chi connectivity index (χ3v) is 4.62. The van der Waals surface area contributed by atoms with Crippen LogP contribution in [0.5, 0.6) is 0 Å². The molecule has 2 rings (SSSR count). The Morgan fingerprint density at radius 3 is 2.85 bits per heavy atom. The van der Waals surface area contributed by atoms with E-state index < -0.39 is 0 Å². The molecule has 20 heavy (non-hydrogen) atoms. The number of halogens is 1. The predicted octanol–water partition coefficient (Wildman–Crippen LogP) is 4.31. The van der Waals surface area contributed by atoms with Crippen molar-refractivity contribution in [3.63, 3.8) is 0 Å². The first-order valence-corrected chi connectivity index (χ1v) is 7.66. The van der Waals surface area contributed by atoms with Gasteiger partial charge in [0.25, 0.3) is 5.69 Å². The van der Waals surface area contributed by atoms with Crippen LogP contribution >= 0.6 is 11.6 Å². The molecule has 2 atom stereocenters. The molecular formula is C15H21ClN2O2. The molecule has 1 aliphatic rings. The van der Waals surface area contributed by atoms with Gasteiger partial charge in [-0.3, -0.25) is 10.1 Å². The SMILES string of the molecule is CCC1CCCCC1NCc1c(Cl)cccc1[N+](=O)[O-]. The van der Waals surface area contributed by atoms with Gasteiger partial charge >= 0.3 is 0 Å². The summed E-state index contributed by atoms with van der Waals surface area (Å²) in [6.07, 6.45) is 6.08. The number of hydrogen-bond acceptors (Lipinski definition) is 3. The molecule has 0 heterocycles. The molecule has 5 heteroatoms. The summed E-state index contributed by atoms with van der Waals surface area (Å²) in [5.41, 5.74) is 0.702. The second kappa shape index (κ2) is 7.04. The van der Waals surface area contributed by atoms with Gasteiger partial charge in [-0.2, -0.15) is 0 Å². The van der Waals surface area contributed by atoms with Gasteiger partial charge in [0.15, 0.2) is 0 Å². The first-order chi connectivity index (χ1) is 9.63. The van der Waals surface area contributed by atoms with Gasteiger partial charge in [-0.25, -0.2) is 0 Å². The zero-order valence-corrected chi connectivity index (χ0v) is 12.5. The third kappa shape index (κ3) is 3.49. The van der Waals surface area contributed by atoms with Gasteiger partial charge in [0.05, 0.1) is 15.5 Å². The van der Waals surface area contributed by atoms with Crippen molar-refractivity contribution in [2.75, 3.05) is 0 Å². The summed E-state index contributed by atoms with van der Waals surface area (Å²) in [5, 5.41) is 15.0. The molecule has 4 nitrogen and oxygen atoms in total. The van der Waals surface area contributed by atoms with Crippen LogP contribution in [0.2, 0.25) is 5.02 Å². The van der Waals surface area contributed by atoms with Crippen molar-refractivity contribution in [1.82, 2.24) is 5.32 Å². The number of nitro benzene ring substituents is 1. The Bertz CT molecular complexity index is 479. The fraction of sp³-hybridized carbons (Fsp3) is 0.600. The Labute approximate surface area is 124 Å². The topological polar surface area (TPSA) is 55.2 Å². The average molecular weight is 297 g/mol. The number of nitro groups is 1. The zero-order valence-electron chi connectivity index (χ0n) is 11.8. The molecule has 0 bridgehead atoms. The predicted molar refractivity (Wildman–Crippen MR) is 81.0 cm³/mol. The molecule has 0 aromatic heterocycles. The number of nitrogens with zero attached hydrogens (tertiary/aromatic N) is 1. The van der Waals surface area contributed by atoms with E-state index in [0.29, 0.717) is 29.1 Å². The maximum absolute atomic E-state index is 11.1. The maximum atomic E-state index is 11.1. The van der Waals surface area contributed by atoms with Gasteiger partial charge in [-0.05, 0) is 24.8 Å². The van der Waals surface area contributed by atoms with Gasteiger partial charge in [0.2, 0.25) is 0 Å². The molecule has 1 aromatic rings. The highest BCUT2D eigenvalue weighted by molar-refractivity contribution is 6.31. The van der Waals surface area contributed by atoms with Gasteiger partial charge in [-0.15, -0.1) is 0 Å². The van der Waals surface area contributed by atoms with E-state index in [1.807, 2.05) is 0 Å². The van der Waals surface area contributed by atoms with Gasteiger partial charge in [0, 0.05) is 18.7 Å². The minimum Gasteiger partial charge on any atom is -0.309 e. The standard InChI is InChI=1S/C15H21ClN2O2/c1-2-11-6-3-4-8-14(11)17-10-12-13(16)7-5-9-15(12)18(19)20/h5,7,9,11,14,17H,2-4,6,8,10H2,1H3. The Kier molecular flexibility index (Phi) is 5.38. The summed E-state index contributed by atoms with van der Waals surface area (Å²) < 4.78 is 0. The second-order valence-electron chi connectivity index (χ2n) is 5.43. The van der Waals surface area contributed by atoms with Crippen LogP contribution in [0.1, 0.15) is 44.6 Å². The largest absolute Gasteiger partial charge is 0.309 e. The summed E-state index contributed by atoms with van der Waals surface area (Å²) in [5.74, 6) is 0.672. The van der Waals surface area contributed by atoms with Crippen LogP contribution in [0.3, 0.4) is 0 Å². The van der Waals surface area contributed by atoms with E-state index >= 15 is 0 Å². The van der Waals surface area contributed by atoms with Crippen LogP contribution in [-0.2, 0) is 6.54 Å². The van der Waals surface area contributed by atoms with E-state index in [-0.39, 0.29) is 10.6 Å². The van der Waals surface area contributed by atoms with Crippen molar-refractivity contribution in [3.8, 4) is 0 Å². The molecule has 110 valence electrons. The van der Waals surface area contributed by atoms with Gasteiger partial charge in [-0.1, -0.05) is 43.9 Å². The average Bonchev–Trinajstić information content (AvgIpc) is 2.46. The van der Waals surface area contributed by atoms with Crippen LogP contribution < -0.4 is 5.32 Å². The van der Waals surface area contributed by atoms with E-state index in [0.717, 1.165) is 12.8 Å². The highest BCUT2D eigenvalue weighted by atomic mass is 35.5. The molecular weight excluding hydrogens is 276 g/mol. The molecule has 1 aromatic carbocycles. The maximum Gasteiger partial charge on any atom is 0.275 e. The van der Waals surface area contributed by atoms with Gasteiger partial charge in [0.1, 0.15) is 0 Å². The van der Waals surface area contributed by atoms with Crippen molar-refractivity contribution in [3.05, 3.63) is 38.9 Å². The molecule has 0 saturated heterocycles. The molecule has 0 spiro atoms. The number of benzene rings is 1. The summed E-state index contributed by atoms with van der Waals surface area (Å²) in [4.78, 5) is 10.7. The Balaban J connectivity index is 2.08. The molecule has 1 saturated carbocycles. The summed E-state index contributed by atoms with van der Waals surface area (Å²) >= 11 is 6.12. The van der Waals surface area contributed by atoms with Crippen molar-refractivity contribution in [2.45, 2.75) is 51.6 Å². The molecule has 1 N–H and O–H groups in total. The van der Waals surface area contributed by atoms with Crippen molar-refractivity contribution >= 4 is 17.3 Å². The third-order valence-electron chi connectivity index (χ3n) is 4.27. The Morgan fingerprint density at radius 1 is 1.40 bits per heavy atom. The highest BCUT2D eigenvalue weighted by Gasteiger charge is 2.24. The van der Waals surface area contributed by atoms with Crippen LogP contribution in [0.25, 0.3) is 0 Å². The minimum atomic E-state index is -0.360. The lowest BCUT2D eigenvalue weighted by Crippen LogP contribution is -2.38. The smallest absolute Gasteiger partial charge is 0.275 e. The summed E-state index contributed by atoms with van der Waals surface area (Å²) in [7, 11) is 0. The quantitative estimate of drug-likeness (QED) is 0.651.